The summed E-state index contributed by atoms with van der Waals surface area (Å²) >= 11 is 0. The summed E-state index contributed by atoms with van der Waals surface area (Å²) in [5.74, 6) is 1.90. The molecule has 2 amide bonds. The summed E-state index contributed by atoms with van der Waals surface area (Å²) in [5.41, 5.74) is 3.08. The van der Waals surface area contributed by atoms with Gasteiger partial charge >= 0.3 is 0 Å². The Morgan fingerprint density at radius 2 is 1.69 bits per heavy atom. The highest BCUT2D eigenvalue weighted by molar-refractivity contribution is 6.09. The second-order valence-corrected chi connectivity index (χ2v) is 8.22. The molecule has 0 aliphatic carbocycles. The number of benzene rings is 3. The number of carbonyl (C=O) groups excluding carboxylic acids is 2. The Bertz CT molecular complexity index is 1270. The molecule has 0 radical (unpaired) electrons. The van der Waals surface area contributed by atoms with Crippen molar-refractivity contribution >= 4 is 23.6 Å². The molecule has 4 rings (SSSR count). The van der Waals surface area contributed by atoms with E-state index in [1.165, 1.54) is 0 Å². The molecule has 1 heterocycles. The minimum atomic E-state index is -0.225. The van der Waals surface area contributed by atoms with Gasteiger partial charge in [-0.15, -0.1) is 0 Å². The molecule has 0 atom stereocenters. The Kier molecular flexibility index (Phi) is 7.90. The quantitative estimate of drug-likeness (QED) is 0.438. The van der Waals surface area contributed by atoms with Crippen LogP contribution >= 0.6 is 0 Å². The molecule has 0 fully saturated rings. The summed E-state index contributed by atoms with van der Waals surface area (Å²) in [5, 5.41) is 2.95. The van der Waals surface area contributed by atoms with Crippen LogP contribution in [-0.4, -0.2) is 38.6 Å². The van der Waals surface area contributed by atoms with Gasteiger partial charge in [0.25, 0.3) is 11.8 Å². The average Bonchev–Trinajstić information content (AvgIpc) is 2.89. The van der Waals surface area contributed by atoms with E-state index in [1.807, 2.05) is 56.3 Å². The second-order valence-electron chi connectivity index (χ2n) is 8.22. The summed E-state index contributed by atoms with van der Waals surface area (Å²) in [4.78, 5) is 26.8. The van der Waals surface area contributed by atoms with Crippen molar-refractivity contribution in [3.8, 4) is 17.2 Å². The standard InChI is InChI=1S/C29H30N2O5/c1-4-34-25-15-12-21(18-26(25)35-5-2)16-17-30-28(32)22-13-10-20(11-14-22)19-27-29(33)31(3)23-8-6-7-9-24(23)36-27/h6-15,18-19H,4-5,16-17H2,1-3H3,(H,30,32)/b27-19-. The number of hydrogen-bond acceptors (Lipinski definition) is 5. The molecule has 186 valence electrons. The van der Waals surface area contributed by atoms with Crippen LogP contribution in [0.3, 0.4) is 0 Å². The number of nitrogens with one attached hydrogen (secondary N) is 1. The SMILES string of the molecule is CCOc1ccc(CCNC(=O)c2ccc(/C=C3\Oc4ccccc4N(C)C3=O)cc2)cc1OCC. The first kappa shape index (κ1) is 24.9. The zero-order valence-electron chi connectivity index (χ0n) is 20.7. The maximum absolute atomic E-state index is 12.7. The fraction of sp³-hybridized carbons (Fsp3) is 0.241. The molecule has 7 nitrogen and oxygen atoms in total. The van der Waals surface area contributed by atoms with Crippen LogP contribution in [-0.2, 0) is 11.2 Å². The van der Waals surface area contributed by atoms with Crippen molar-refractivity contribution in [2.45, 2.75) is 20.3 Å². The van der Waals surface area contributed by atoms with Crippen molar-refractivity contribution in [3.63, 3.8) is 0 Å². The molecule has 3 aromatic carbocycles. The number of amides is 2. The molecule has 0 saturated heterocycles. The Labute approximate surface area is 211 Å². The highest BCUT2D eigenvalue weighted by atomic mass is 16.5. The Balaban J connectivity index is 1.36. The number of rotatable bonds is 9. The smallest absolute Gasteiger partial charge is 0.293 e. The van der Waals surface area contributed by atoms with Gasteiger partial charge in [-0.25, -0.2) is 0 Å². The van der Waals surface area contributed by atoms with Gasteiger partial charge in [0.05, 0.1) is 18.9 Å². The third-order valence-electron chi connectivity index (χ3n) is 5.74. The van der Waals surface area contributed by atoms with E-state index in [0.717, 1.165) is 22.6 Å². The topological polar surface area (TPSA) is 77.1 Å². The van der Waals surface area contributed by atoms with E-state index < -0.39 is 0 Å². The van der Waals surface area contributed by atoms with E-state index >= 15 is 0 Å². The van der Waals surface area contributed by atoms with Crippen LogP contribution in [0.4, 0.5) is 5.69 Å². The number of ether oxygens (including phenoxy) is 3. The van der Waals surface area contributed by atoms with E-state index in [-0.39, 0.29) is 17.6 Å². The summed E-state index contributed by atoms with van der Waals surface area (Å²) < 4.78 is 17.1. The fourth-order valence-electron chi connectivity index (χ4n) is 3.90. The minimum absolute atomic E-state index is 0.163. The zero-order valence-corrected chi connectivity index (χ0v) is 20.7. The monoisotopic (exact) mass is 486 g/mol. The molecule has 0 aromatic heterocycles. The molecule has 0 spiro atoms. The second kappa shape index (κ2) is 11.4. The van der Waals surface area contributed by atoms with E-state index in [4.69, 9.17) is 14.2 Å². The number of nitrogens with zero attached hydrogens (tertiary/aromatic N) is 1. The van der Waals surface area contributed by atoms with Crippen LogP contribution in [0.2, 0.25) is 0 Å². The number of anilines is 1. The zero-order chi connectivity index (χ0) is 25.5. The average molecular weight is 487 g/mol. The number of fused-ring (bicyclic) bond motifs is 1. The van der Waals surface area contributed by atoms with Gasteiger partial charge in [0.2, 0.25) is 0 Å². The van der Waals surface area contributed by atoms with Crippen molar-refractivity contribution in [3.05, 3.63) is 89.2 Å². The molecule has 3 aromatic rings. The number of likely N-dealkylation sites (N-methyl/N-ethyl adjacent to an activating group) is 1. The summed E-state index contributed by atoms with van der Waals surface area (Å²) in [6, 6.07) is 20.3. The van der Waals surface area contributed by atoms with Gasteiger partial charge in [0.1, 0.15) is 0 Å². The van der Waals surface area contributed by atoms with Crippen LogP contribution in [0.15, 0.2) is 72.5 Å². The van der Waals surface area contributed by atoms with Crippen molar-refractivity contribution in [1.29, 1.82) is 0 Å². The van der Waals surface area contributed by atoms with Crippen molar-refractivity contribution in [1.82, 2.24) is 5.32 Å². The lowest BCUT2D eigenvalue weighted by atomic mass is 10.1. The van der Waals surface area contributed by atoms with Gasteiger partial charge in [-0.05, 0) is 73.9 Å². The van der Waals surface area contributed by atoms with E-state index in [9.17, 15) is 9.59 Å². The Hall–Kier alpha value is -4.26. The van der Waals surface area contributed by atoms with Gasteiger partial charge in [-0.3, -0.25) is 9.59 Å². The first-order valence-electron chi connectivity index (χ1n) is 12.0. The molecular formula is C29H30N2O5. The summed E-state index contributed by atoms with van der Waals surface area (Å²) in [7, 11) is 1.72. The summed E-state index contributed by atoms with van der Waals surface area (Å²) in [6.45, 7) is 5.47. The van der Waals surface area contributed by atoms with Crippen LogP contribution < -0.4 is 24.4 Å². The maximum Gasteiger partial charge on any atom is 0.293 e. The van der Waals surface area contributed by atoms with E-state index in [2.05, 4.69) is 5.32 Å². The van der Waals surface area contributed by atoms with E-state index in [0.29, 0.717) is 43.2 Å². The molecule has 1 aliphatic heterocycles. The van der Waals surface area contributed by atoms with Crippen LogP contribution in [0.5, 0.6) is 17.2 Å². The molecule has 0 unspecified atom stereocenters. The minimum Gasteiger partial charge on any atom is -0.490 e. The van der Waals surface area contributed by atoms with E-state index in [1.54, 1.807) is 42.3 Å². The highest BCUT2D eigenvalue weighted by Crippen LogP contribution is 2.34. The molecular weight excluding hydrogens is 456 g/mol. The largest absolute Gasteiger partial charge is 0.490 e. The van der Waals surface area contributed by atoms with Gasteiger partial charge in [-0.2, -0.15) is 0 Å². The molecule has 7 heteroatoms. The molecule has 0 bridgehead atoms. The lowest BCUT2D eigenvalue weighted by Gasteiger charge is -2.27. The van der Waals surface area contributed by atoms with Crippen molar-refractivity contribution in [2.24, 2.45) is 0 Å². The molecule has 1 aliphatic rings. The molecule has 1 N–H and O–H groups in total. The Morgan fingerprint density at radius 1 is 0.972 bits per heavy atom. The number of hydrogen-bond donors (Lipinski definition) is 1. The third-order valence-corrected chi connectivity index (χ3v) is 5.74. The van der Waals surface area contributed by atoms with Gasteiger partial charge < -0.3 is 24.4 Å². The van der Waals surface area contributed by atoms with Gasteiger partial charge in [0, 0.05) is 19.2 Å². The lowest BCUT2D eigenvalue weighted by molar-refractivity contribution is -0.117. The van der Waals surface area contributed by atoms with Crippen LogP contribution in [0, 0.1) is 0 Å². The predicted octanol–water partition coefficient (Wildman–Crippen LogP) is 4.85. The number of carbonyl (C=O) groups is 2. The Morgan fingerprint density at radius 3 is 2.44 bits per heavy atom. The maximum atomic E-state index is 12.7. The van der Waals surface area contributed by atoms with Crippen molar-refractivity contribution < 1.29 is 23.8 Å². The summed E-state index contributed by atoms with van der Waals surface area (Å²) in [6.07, 6.45) is 2.34. The lowest BCUT2D eigenvalue weighted by Crippen LogP contribution is -2.33. The molecule has 0 saturated carbocycles. The molecule has 36 heavy (non-hydrogen) atoms. The third kappa shape index (κ3) is 5.68. The van der Waals surface area contributed by atoms with Crippen molar-refractivity contribution in [2.75, 3.05) is 31.7 Å². The predicted molar refractivity (Wildman–Crippen MR) is 140 cm³/mol. The van der Waals surface area contributed by atoms with Crippen LogP contribution in [0.1, 0.15) is 35.3 Å². The van der Waals surface area contributed by atoms with Crippen LogP contribution in [0.25, 0.3) is 6.08 Å². The first-order chi connectivity index (χ1) is 17.5. The highest BCUT2D eigenvalue weighted by Gasteiger charge is 2.27. The normalized spacial score (nSPS) is 13.7. The van der Waals surface area contributed by atoms with Gasteiger partial charge in [0.15, 0.2) is 23.0 Å². The number of para-hydroxylation sites is 2. The first-order valence-corrected chi connectivity index (χ1v) is 12.0. The fourth-order valence-corrected chi connectivity index (χ4v) is 3.90. The van der Waals surface area contributed by atoms with Gasteiger partial charge in [-0.1, -0.05) is 30.3 Å².